The van der Waals surface area contributed by atoms with E-state index in [4.69, 9.17) is 9.47 Å². The van der Waals surface area contributed by atoms with E-state index in [0.717, 1.165) is 11.1 Å². The molecule has 2 unspecified atom stereocenters. The molecule has 4 heteroatoms. The highest BCUT2D eigenvalue weighted by Crippen LogP contribution is 2.31. The van der Waals surface area contributed by atoms with Crippen molar-refractivity contribution >= 4 is 12.4 Å². The number of carbonyl (C=O) groups is 1. The van der Waals surface area contributed by atoms with E-state index in [2.05, 4.69) is 4.99 Å². The third-order valence-electron chi connectivity index (χ3n) is 3.20. The zero-order valence-electron chi connectivity index (χ0n) is 10.8. The normalized spacial score (nSPS) is 21.7. The molecule has 0 spiro atoms. The summed E-state index contributed by atoms with van der Waals surface area (Å²) < 4.78 is 10.5. The van der Waals surface area contributed by atoms with Gasteiger partial charge in [0.25, 0.3) is 0 Å². The number of aliphatic imine (C=N–C) groups is 1. The van der Waals surface area contributed by atoms with Crippen LogP contribution in [0, 0.1) is 13.8 Å². The molecule has 2 atom stereocenters. The summed E-state index contributed by atoms with van der Waals surface area (Å²) in [5, 5.41) is 0. The summed E-state index contributed by atoms with van der Waals surface area (Å²) in [5.74, 6) is -0.336. The minimum atomic E-state index is -0.592. The predicted molar refractivity (Wildman–Crippen MR) is 68.7 cm³/mol. The Balaban J connectivity index is 2.28. The fourth-order valence-electron chi connectivity index (χ4n) is 2.06. The van der Waals surface area contributed by atoms with Crippen molar-refractivity contribution in [3.63, 3.8) is 0 Å². The molecule has 0 amide bonds. The van der Waals surface area contributed by atoms with Crippen LogP contribution in [0.3, 0.4) is 0 Å². The number of nitrogens with zero attached hydrogens (tertiary/aromatic N) is 1. The summed E-state index contributed by atoms with van der Waals surface area (Å²) in [5.41, 5.74) is 3.29. The quantitative estimate of drug-likeness (QED) is 0.770. The molecule has 0 fully saturated rings. The van der Waals surface area contributed by atoms with Crippen LogP contribution < -0.4 is 0 Å². The summed E-state index contributed by atoms with van der Waals surface area (Å²) in [6.45, 7) is 6.19. The van der Waals surface area contributed by atoms with Crippen LogP contribution in [-0.4, -0.2) is 25.0 Å². The molecule has 0 aliphatic carbocycles. The summed E-state index contributed by atoms with van der Waals surface area (Å²) in [4.78, 5) is 15.9. The average molecular weight is 247 g/mol. The lowest BCUT2D eigenvalue weighted by molar-refractivity contribution is -0.146. The van der Waals surface area contributed by atoms with E-state index in [1.807, 2.05) is 32.0 Å². The van der Waals surface area contributed by atoms with Gasteiger partial charge in [-0.1, -0.05) is 18.2 Å². The maximum atomic E-state index is 11.8. The van der Waals surface area contributed by atoms with Gasteiger partial charge in [0.05, 0.1) is 6.61 Å². The summed E-state index contributed by atoms with van der Waals surface area (Å²) in [6, 6.07) is 5.37. The molecule has 18 heavy (non-hydrogen) atoms. The molecule has 0 saturated heterocycles. The zero-order chi connectivity index (χ0) is 13.1. The third-order valence-corrected chi connectivity index (χ3v) is 3.20. The SMILES string of the molecule is CCOC(=O)C1N=COC1c1cccc(C)c1C. The van der Waals surface area contributed by atoms with Crippen LogP contribution in [0.4, 0.5) is 0 Å². The molecule has 0 aromatic heterocycles. The molecule has 0 saturated carbocycles. The molecule has 1 heterocycles. The van der Waals surface area contributed by atoms with Gasteiger partial charge in [-0.05, 0) is 37.5 Å². The molecule has 1 aromatic carbocycles. The highest BCUT2D eigenvalue weighted by atomic mass is 16.5. The Morgan fingerprint density at radius 3 is 2.94 bits per heavy atom. The van der Waals surface area contributed by atoms with Gasteiger partial charge in [0, 0.05) is 0 Å². The first-order valence-electron chi connectivity index (χ1n) is 6.05. The lowest BCUT2D eigenvalue weighted by Gasteiger charge is -2.19. The van der Waals surface area contributed by atoms with Gasteiger partial charge in [0.1, 0.15) is 0 Å². The van der Waals surface area contributed by atoms with Crippen LogP contribution >= 0.6 is 0 Å². The van der Waals surface area contributed by atoms with E-state index in [-0.39, 0.29) is 12.1 Å². The van der Waals surface area contributed by atoms with Crippen molar-refractivity contribution in [1.29, 1.82) is 0 Å². The van der Waals surface area contributed by atoms with Crippen molar-refractivity contribution in [2.75, 3.05) is 6.61 Å². The van der Waals surface area contributed by atoms with Gasteiger partial charge in [-0.2, -0.15) is 0 Å². The topological polar surface area (TPSA) is 47.9 Å². The minimum absolute atomic E-state index is 0.336. The number of aryl methyl sites for hydroxylation is 1. The molecule has 1 aliphatic heterocycles. The second-order valence-electron chi connectivity index (χ2n) is 4.30. The Morgan fingerprint density at radius 1 is 1.44 bits per heavy atom. The highest BCUT2D eigenvalue weighted by Gasteiger charge is 2.36. The van der Waals surface area contributed by atoms with E-state index in [9.17, 15) is 4.79 Å². The third kappa shape index (κ3) is 2.23. The van der Waals surface area contributed by atoms with E-state index >= 15 is 0 Å². The van der Waals surface area contributed by atoms with E-state index in [0.29, 0.717) is 6.61 Å². The van der Waals surface area contributed by atoms with Crippen LogP contribution in [0.1, 0.15) is 29.7 Å². The van der Waals surface area contributed by atoms with Gasteiger partial charge in [0.15, 0.2) is 18.5 Å². The van der Waals surface area contributed by atoms with Crippen molar-refractivity contribution in [3.8, 4) is 0 Å². The summed E-state index contributed by atoms with van der Waals surface area (Å²) in [7, 11) is 0. The zero-order valence-corrected chi connectivity index (χ0v) is 10.8. The number of benzene rings is 1. The van der Waals surface area contributed by atoms with Crippen molar-refractivity contribution in [2.45, 2.75) is 32.9 Å². The molecule has 0 bridgehead atoms. The summed E-state index contributed by atoms with van der Waals surface area (Å²) in [6.07, 6.45) is 0.970. The molecule has 0 N–H and O–H groups in total. The van der Waals surface area contributed by atoms with E-state index in [1.54, 1.807) is 6.92 Å². The van der Waals surface area contributed by atoms with E-state index in [1.165, 1.54) is 12.0 Å². The molecule has 1 aromatic rings. The number of hydrogen-bond donors (Lipinski definition) is 0. The minimum Gasteiger partial charge on any atom is -0.473 e. The number of carbonyl (C=O) groups excluding carboxylic acids is 1. The lowest BCUT2D eigenvalue weighted by atomic mass is 9.95. The average Bonchev–Trinajstić information content (AvgIpc) is 2.82. The first kappa shape index (κ1) is 12.6. The monoisotopic (exact) mass is 247 g/mol. The Labute approximate surface area is 107 Å². The van der Waals surface area contributed by atoms with Gasteiger partial charge < -0.3 is 9.47 Å². The molecule has 4 nitrogen and oxygen atoms in total. The Hall–Kier alpha value is -1.84. The van der Waals surface area contributed by atoms with E-state index < -0.39 is 6.04 Å². The van der Waals surface area contributed by atoms with Gasteiger partial charge in [-0.25, -0.2) is 9.79 Å². The van der Waals surface area contributed by atoms with Gasteiger partial charge >= 0.3 is 5.97 Å². The van der Waals surface area contributed by atoms with Gasteiger partial charge in [0.2, 0.25) is 0 Å². The Kier molecular flexibility index (Phi) is 3.65. The van der Waals surface area contributed by atoms with Crippen molar-refractivity contribution < 1.29 is 14.3 Å². The fraction of sp³-hybridized carbons (Fsp3) is 0.429. The maximum Gasteiger partial charge on any atom is 0.335 e. The fourth-order valence-corrected chi connectivity index (χ4v) is 2.06. The molecule has 0 radical (unpaired) electrons. The molecular formula is C14H17NO3. The van der Waals surface area contributed by atoms with Crippen LogP contribution in [0.5, 0.6) is 0 Å². The molecule has 2 rings (SSSR count). The second kappa shape index (κ2) is 5.21. The lowest BCUT2D eigenvalue weighted by Crippen LogP contribution is -2.26. The smallest absolute Gasteiger partial charge is 0.335 e. The first-order valence-corrected chi connectivity index (χ1v) is 6.05. The predicted octanol–water partition coefficient (Wildman–Crippen LogP) is 2.33. The van der Waals surface area contributed by atoms with Crippen molar-refractivity contribution in [1.82, 2.24) is 0 Å². The van der Waals surface area contributed by atoms with Crippen LogP contribution in [-0.2, 0) is 14.3 Å². The molecule has 96 valence electrons. The maximum absolute atomic E-state index is 11.8. The van der Waals surface area contributed by atoms with Crippen LogP contribution in [0.2, 0.25) is 0 Å². The van der Waals surface area contributed by atoms with Crippen molar-refractivity contribution in [2.24, 2.45) is 4.99 Å². The molecule has 1 aliphatic rings. The second-order valence-corrected chi connectivity index (χ2v) is 4.30. The Morgan fingerprint density at radius 2 is 2.22 bits per heavy atom. The standard InChI is InChI=1S/C14H17NO3/c1-4-17-14(16)12-13(18-8-15-12)11-7-5-6-9(2)10(11)3/h5-8,12-13H,4H2,1-3H3. The van der Waals surface area contributed by atoms with Crippen LogP contribution in [0.15, 0.2) is 23.2 Å². The van der Waals surface area contributed by atoms with Gasteiger partial charge in [-0.3, -0.25) is 0 Å². The first-order chi connectivity index (χ1) is 8.65. The highest BCUT2D eigenvalue weighted by molar-refractivity contribution is 5.80. The number of esters is 1. The number of rotatable bonds is 3. The van der Waals surface area contributed by atoms with Crippen LogP contribution in [0.25, 0.3) is 0 Å². The molecular weight excluding hydrogens is 230 g/mol. The number of hydrogen-bond acceptors (Lipinski definition) is 4. The number of ether oxygens (including phenoxy) is 2. The van der Waals surface area contributed by atoms with Gasteiger partial charge in [-0.15, -0.1) is 0 Å². The summed E-state index contributed by atoms with van der Waals surface area (Å²) >= 11 is 0. The Bertz CT molecular complexity index is 482. The van der Waals surface area contributed by atoms with Crippen molar-refractivity contribution in [3.05, 3.63) is 34.9 Å². The largest absolute Gasteiger partial charge is 0.473 e.